The van der Waals surface area contributed by atoms with Crippen LogP contribution in [0.5, 0.6) is 0 Å². The minimum atomic E-state index is 0.665. The maximum atomic E-state index is 2.46. The molecular formula is C23H29N. The van der Waals surface area contributed by atoms with Crippen molar-refractivity contribution in [2.24, 2.45) is 0 Å². The van der Waals surface area contributed by atoms with Gasteiger partial charge in [0, 0.05) is 6.04 Å². The molecule has 0 aromatic heterocycles. The molecule has 0 saturated heterocycles. The van der Waals surface area contributed by atoms with Crippen LogP contribution in [0.4, 0.5) is 0 Å². The second kappa shape index (κ2) is 6.37. The zero-order chi connectivity index (χ0) is 16.7. The number of aryl methyl sites for hydroxylation is 1. The lowest BCUT2D eigenvalue weighted by Gasteiger charge is -2.37. The summed E-state index contributed by atoms with van der Waals surface area (Å²) in [5.41, 5.74) is 9.51. The topological polar surface area (TPSA) is 3.24 Å². The summed E-state index contributed by atoms with van der Waals surface area (Å²) in [6.45, 7) is 2.34. The van der Waals surface area contributed by atoms with E-state index in [1.54, 1.807) is 16.7 Å². The first-order valence-corrected chi connectivity index (χ1v) is 9.60. The molecule has 0 amide bonds. The zero-order valence-corrected chi connectivity index (χ0v) is 15.3. The van der Waals surface area contributed by atoms with Crippen molar-refractivity contribution in [1.29, 1.82) is 0 Å². The minimum absolute atomic E-state index is 0.665. The van der Waals surface area contributed by atoms with Gasteiger partial charge in [-0.05, 0) is 91.9 Å². The van der Waals surface area contributed by atoms with E-state index in [0.717, 1.165) is 0 Å². The molecule has 0 spiro atoms. The van der Waals surface area contributed by atoms with Gasteiger partial charge >= 0.3 is 0 Å². The molecule has 0 N–H and O–H groups in total. The van der Waals surface area contributed by atoms with Crippen LogP contribution in [0.25, 0.3) is 11.1 Å². The monoisotopic (exact) mass is 319 g/mol. The van der Waals surface area contributed by atoms with E-state index in [4.69, 9.17) is 0 Å². The highest BCUT2D eigenvalue weighted by molar-refractivity contribution is 5.75. The Balaban J connectivity index is 1.82. The summed E-state index contributed by atoms with van der Waals surface area (Å²) in [7, 11) is 4.49. The first kappa shape index (κ1) is 15.9. The summed E-state index contributed by atoms with van der Waals surface area (Å²) in [5, 5.41) is 0. The van der Waals surface area contributed by atoms with Gasteiger partial charge in [0.05, 0.1) is 0 Å². The summed E-state index contributed by atoms with van der Waals surface area (Å²) >= 11 is 0. The molecule has 0 bridgehead atoms. The number of likely N-dealkylation sites (N-methyl/N-ethyl adjacent to an activating group) is 1. The third kappa shape index (κ3) is 2.50. The summed E-state index contributed by atoms with van der Waals surface area (Å²) in [5.74, 6) is 0.705. The normalized spacial score (nSPS) is 20.2. The van der Waals surface area contributed by atoms with E-state index in [2.05, 4.69) is 62.3 Å². The Labute approximate surface area is 146 Å². The van der Waals surface area contributed by atoms with Gasteiger partial charge in [-0.25, -0.2) is 0 Å². The molecule has 2 aliphatic carbocycles. The number of nitrogens with zero attached hydrogens (tertiary/aromatic N) is 1. The number of fused-ring (bicyclic) bond motifs is 5. The fraction of sp³-hybridized carbons (Fsp3) is 0.478. The summed E-state index contributed by atoms with van der Waals surface area (Å²) in [6.07, 6.45) is 7.63. The van der Waals surface area contributed by atoms with Crippen LogP contribution < -0.4 is 0 Å². The third-order valence-corrected chi connectivity index (χ3v) is 6.31. The van der Waals surface area contributed by atoms with Crippen LogP contribution in [0.15, 0.2) is 36.4 Å². The Morgan fingerprint density at radius 2 is 1.79 bits per heavy atom. The average Bonchev–Trinajstić information content (AvgIpc) is 2.61. The average molecular weight is 319 g/mol. The smallest absolute Gasteiger partial charge is 0.0155 e. The van der Waals surface area contributed by atoms with Crippen LogP contribution in [0.2, 0.25) is 0 Å². The molecule has 0 radical (unpaired) electrons. The highest BCUT2D eigenvalue weighted by Crippen LogP contribution is 2.43. The molecule has 2 aromatic carbocycles. The van der Waals surface area contributed by atoms with Gasteiger partial charge in [-0.3, -0.25) is 0 Å². The summed E-state index contributed by atoms with van der Waals surface area (Å²) < 4.78 is 0. The highest BCUT2D eigenvalue weighted by atomic mass is 15.1. The van der Waals surface area contributed by atoms with Crippen molar-refractivity contribution < 1.29 is 0 Å². The number of benzene rings is 2. The van der Waals surface area contributed by atoms with Crippen LogP contribution in [0.1, 0.15) is 54.4 Å². The molecule has 0 saturated carbocycles. The second-order valence-corrected chi connectivity index (χ2v) is 7.75. The molecular weight excluding hydrogens is 290 g/mol. The lowest BCUT2D eigenvalue weighted by atomic mass is 9.72. The molecule has 24 heavy (non-hydrogen) atoms. The molecule has 2 unspecified atom stereocenters. The first-order valence-electron chi connectivity index (χ1n) is 9.60. The fourth-order valence-electron chi connectivity index (χ4n) is 5.22. The van der Waals surface area contributed by atoms with Crippen molar-refractivity contribution in [3.05, 3.63) is 58.7 Å². The number of rotatable bonds is 3. The van der Waals surface area contributed by atoms with E-state index in [1.807, 2.05) is 0 Å². The van der Waals surface area contributed by atoms with E-state index in [-0.39, 0.29) is 0 Å². The Morgan fingerprint density at radius 1 is 0.958 bits per heavy atom. The van der Waals surface area contributed by atoms with Crippen molar-refractivity contribution in [2.75, 3.05) is 14.1 Å². The Kier molecular flexibility index (Phi) is 4.22. The first-order chi connectivity index (χ1) is 11.7. The molecule has 2 aromatic rings. The van der Waals surface area contributed by atoms with Gasteiger partial charge in [0.25, 0.3) is 0 Å². The standard InChI is InChI=1S/C23H29N/c1-4-23(24(2)3)22-11-7-10-18-20-13-12-16-8-5-6-9-17(16)19(20)14-15-21(18)22/h5-6,8-9,14-15,22-23H,4,7,10-13H2,1-3H3. The van der Waals surface area contributed by atoms with E-state index < -0.39 is 0 Å². The molecule has 1 nitrogen and oxygen atoms in total. The van der Waals surface area contributed by atoms with Crippen molar-refractivity contribution >= 4 is 0 Å². The number of hydrogen-bond donors (Lipinski definition) is 0. The van der Waals surface area contributed by atoms with Gasteiger partial charge in [0.1, 0.15) is 0 Å². The molecule has 0 heterocycles. The predicted octanol–water partition coefficient (Wildman–Crippen LogP) is 5.21. The summed E-state index contributed by atoms with van der Waals surface area (Å²) in [6, 6.07) is 14.5. The summed E-state index contributed by atoms with van der Waals surface area (Å²) in [4.78, 5) is 2.44. The van der Waals surface area contributed by atoms with Crippen molar-refractivity contribution in [1.82, 2.24) is 4.90 Å². The van der Waals surface area contributed by atoms with E-state index in [1.165, 1.54) is 55.2 Å². The van der Waals surface area contributed by atoms with E-state index >= 15 is 0 Å². The molecule has 126 valence electrons. The van der Waals surface area contributed by atoms with Gasteiger partial charge in [-0.15, -0.1) is 0 Å². The molecule has 2 atom stereocenters. The van der Waals surface area contributed by atoms with Crippen LogP contribution in [0.3, 0.4) is 0 Å². The van der Waals surface area contributed by atoms with Gasteiger partial charge in [-0.2, -0.15) is 0 Å². The van der Waals surface area contributed by atoms with Crippen molar-refractivity contribution in [3.8, 4) is 11.1 Å². The Hall–Kier alpha value is -1.60. The highest BCUT2D eigenvalue weighted by Gasteiger charge is 2.31. The fourth-order valence-corrected chi connectivity index (χ4v) is 5.22. The lowest BCUT2D eigenvalue weighted by molar-refractivity contribution is 0.231. The van der Waals surface area contributed by atoms with Crippen molar-refractivity contribution in [3.63, 3.8) is 0 Å². The van der Waals surface area contributed by atoms with Crippen LogP contribution >= 0.6 is 0 Å². The van der Waals surface area contributed by atoms with Gasteiger partial charge in [0.15, 0.2) is 0 Å². The van der Waals surface area contributed by atoms with Gasteiger partial charge < -0.3 is 4.90 Å². The molecule has 0 aliphatic heterocycles. The number of hydrogen-bond acceptors (Lipinski definition) is 1. The van der Waals surface area contributed by atoms with Gasteiger partial charge in [-0.1, -0.05) is 43.3 Å². The Bertz CT molecular complexity index is 744. The third-order valence-electron chi connectivity index (χ3n) is 6.31. The largest absolute Gasteiger partial charge is 0.306 e. The minimum Gasteiger partial charge on any atom is -0.306 e. The van der Waals surface area contributed by atoms with Crippen LogP contribution in [-0.4, -0.2) is 25.0 Å². The second-order valence-electron chi connectivity index (χ2n) is 7.75. The van der Waals surface area contributed by atoms with Crippen molar-refractivity contribution in [2.45, 2.75) is 57.4 Å². The predicted molar refractivity (Wildman–Crippen MR) is 103 cm³/mol. The molecule has 4 rings (SSSR count). The van der Waals surface area contributed by atoms with Gasteiger partial charge in [0.2, 0.25) is 0 Å². The van der Waals surface area contributed by atoms with Crippen LogP contribution in [0, 0.1) is 0 Å². The maximum absolute atomic E-state index is 2.46. The molecule has 0 fully saturated rings. The molecule has 1 heteroatoms. The lowest BCUT2D eigenvalue weighted by Crippen LogP contribution is -2.35. The van der Waals surface area contributed by atoms with Crippen LogP contribution in [-0.2, 0) is 19.3 Å². The van der Waals surface area contributed by atoms with E-state index in [9.17, 15) is 0 Å². The van der Waals surface area contributed by atoms with E-state index in [0.29, 0.717) is 12.0 Å². The quantitative estimate of drug-likeness (QED) is 0.750. The Morgan fingerprint density at radius 3 is 2.58 bits per heavy atom. The molecule has 2 aliphatic rings. The SMILES string of the molecule is CCC(C1CCCc2c1ccc1c2CCc2ccccc2-1)N(C)C. The zero-order valence-electron chi connectivity index (χ0n) is 15.3. The maximum Gasteiger partial charge on any atom is 0.0155 e.